The summed E-state index contributed by atoms with van der Waals surface area (Å²) in [5, 5.41) is 4.12. The largest absolute Gasteiger partial charge is 0.456 e. The van der Waals surface area contributed by atoms with Crippen LogP contribution in [0.25, 0.3) is 21.1 Å². The Morgan fingerprint density at radius 3 is 1.60 bits per heavy atom. The van der Waals surface area contributed by atoms with Gasteiger partial charge in [-0.1, -0.05) is 78.4 Å². The number of ether oxygens (including phenoxy) is 2. The van der Waals surface area contributed by atoms with E-state index in [-0.39, 0.29) is 22.4 Å². The number of anilines is 2. The molecule has 0 aliphatic carbocycles. The van der Waals surface area contributed by atoms with E-state index in [1.54, 1.807) is 32.9 Å². The average Bonchev–Trinajstić information content (AvgIpc) is 3.61. The number of thiazole rings is 2. The molecule has 0 aliphatic heterocycles. The minimum Gasteiger partial charge on any atom is -0.456 e. The molecular formula is C36H38N4O5S2. The second-order valence-electron chi connectivity index (χ2n) is 12.5. The summed E-state index contributed by atoms with van der Waals surface area (Å²) in [4.78, 5) is 46.7. The summed E-state index contributed by atoms with van der Waals surface area (Å²) in [5.74, 6) is -0.826. The Labute approximate surface area is 282 Å². The van der Waals surface area contributed by atoms with Gasteiger partial charge in [-0.05, 0) is 60.6 Å². The van der Waals surface area contributed by atoms with Crippen LogP contribution in [-0.2, 0) is 9.47 Å². The number of carbonyl (C=O) groups is 3. The van der Waals surface area contributed by atoms with Gasteiger partial charge in [-0.2, -0.15) is 0 Å². The number of hydrogen-bond donors (Lipinski definition) is 2. The van der Waals surface area contributed by atoms with Gasteiger partial charge in [0.2, 0.25) is 0 Å². The lowest BCUT2D eigenvalue weighted by Crippen LogP contribution is -2.24. The number of aromatic nitrogens is 2. The Hall–Kier alpha value is -4.87. The second-order valence-corrected chi connectivity index (χ2v) is 14.5. The quantitative estimate of drug-likeness (QED) is 0.172. The molecule has 244 valence electrons. The number of rotatable bonds is 6. The van der Waals surface area contributed by atoms with E-state index in [4.69, 9.17) is 15.2 Å². The third kappa shape index (κ3) is 10.1. The van der Waals surface area contributed by atoms with Crippen LogP contribution in [0.2, 0.25) is 0 Å². The number of aryl methyl sites for hydroxylation is 1. The third-order valence-corrected chi connectivity index (χ3v) is 8.22. The molecule has 1 amide bonds. The Balaban J connectivity index is 0.000000229. The van der Waals surface area contributed by atoms with Crippen molar-refractivity contribution in [1.82, 2.24) is 9.97 Å². The third-order valence-electron chi connectivity index (χ3n) is 6.04. The molecule has 47 heavy (non-hydrogen) atoms. The van der Waals surface area contributed by atoms with Crippen molar-refractivity contribution in [2.24, 2.45) is 0 Å². The summed E-state index contributed by atoms with van der Waals surface area (Å²) in [6.45, 7) is 12.8. The molecule has 0 saturated carbocycles. The van der Waals surface area contributed by atoms with Gasteiger partial charge >= 0.3 is 11.9 Å². The Morgan fingerprint density at radius 2 is 1.11 bits per heavy atom. The highest BCUT2D eigenvalue weighted by Crippen LogP contribution is 2.33. The zero-order valence-electron chi connectivity index (χ0n) is 27.4. The minimum atomic E-state index is -0.647. The van der Waals surface area contributed by atoms with Gasteiger partial charge in [0, 0.05) is 16.7 Å². The van der Waals surface area contributed by atoms with Crippen LogP contribution < -0.4 is 11.1 Å². The van der Waals surface area contributed by atoms with E-state index in [1.807, 2.05) is 100 Å². The van der Waals surface area contributed by atoms with Gasteiger partial charge in [0.25, 0.3) is 5.91 Å². The summed E-state index contributed by atoms with van der Waals surface area (Å²) in [6, 6.07) is 26.3. The van der Waals surface area contributed by atoms with Gasteiger partial charge in [0.15, 0.2) is 15.6 Å². The zero-order chi connectivity index (χ0) is 34.4. The fourth-order valence-electron chi connectivity index (χ4n) is 3.96. The molecule has 9 nitrogen and oxygen atoms in total. The lowest BCUT2D eigenvalue weighted by Gasteiger charge is -2.19. The number of benzene rings is 3. The molecule has 0 radical (unpaired) electrons. The molecule has 11 heteroatoms. The van der Waals surface area contributed by atoms with Crippen LogP contribution in [0.4, 0.5) is 11.6 Å². The molecule has 5 rings (SSSR count). The molecule has 3 N–H and O–H groups in total. The number of esters is 2. The molecule has 2 aromatic heterocycles. The first-order valence-electron chi connectivity index (χ1n) is 14.8. The molecule has 0 aliphatic rings. The molecule has 2 heterocycles. The van der Waals surface area contributed by atoms with Crippen LogP contribution in [0, 0.1) is 6.92 Å². The van der Waals surface area contributed by atoms with Gasteiger partial charge in [-0.25, -0.2) is 19.6 Å². The molecule has 5 aromatic rings. The number of carbonyl (C=O) groups excluding carboxylic acids is 3. The smallest absolute Gasteiger partial charge is 0.352 e. The first-order valence-corrected chi connectivity index (χ1v) is 16.5. The van der Waals surface area contributed by atoms with Gasteiger partial charge in [-0.15, -0.1) is 22.7 Å². The summed E-state index contributed by atoms with van der Waals surface area (Å²) >= 11 is 2.45. The highest BCUT2D eigenvalue weighted by atomic mass is 32.1. The summed E-state index contributed by atoms with van der Waals surface area (Å²) in [7, 11) is 0. The van der Waals surface area contributed by atoms with E-state index < -0.39 is 23.1 Å². The Bertz CT molecular complexity index is 1840. The zero-order valence-corrected chi connectivity index (χ0v) is 29.0. The molecule has 0 bridgehead atoms. The molecule has 0 saturated heterocycles. The van der Waals surface area contributed by atoms with E-state index in [1.165, 1.54) is 22.7 Å². The lowest BCUT2D eigenvalue weighted by atomic mass is 10.1. The maximum absolute atomic E-state index is 12.7. The predicted octanol–water partition coefficient (Wildman–Crippen LogP) is 8.67. The van der Waals surface area contributed by atoms with Gasteiger partial charge < -0.3 is 20.5 Å². The molecule has 0 fully saturated rings. The molecule has 0 unspecified atom stereocenters. The first-order chi connectivity index (χ1) is 22.1. The summed E-state index contributed by atoms with van der Waals surface area (Å²) in [5.41, 5.74) is 7.97. The van der Waals surface area contributed by atoms with Crippen LogP contribution in [0.15, 0.2) is 84.9 Å². The van der Waals surface area contributed by atoms with E-state index in [0.717, 1.165) is 21.7 Å². The minimum absolute atomic E-state index is 0.212. The molecular weight excluding hydrogens is 633 g/mol. The first kappa shape index (κ1) is 35.0. The van der Waals surface area contributed by atoms with Crippen LogP contribution in [-0.4, -0.2) is 39.0 Å². The number of nitrogen functional groups attached to an aromatic ring is 1. The SMILES string of the molecule is CC(C)(C)OC(=O)c1sc(-c2ccccc2)nc1N.Cc1ccc(C(=O)Nc2nc(-c3ccccc3)sc2C(=O)OC(C)(C)C)cc1. The van der Waals surface area contributed by atoms with Crippen molar-refractivity contribution in [2.45, 2.75) is 59.7 Å². The van der Waals surface area contributed by atoms with Gasteiger partial charge in [0.1, 0.15) is 27.0 Å². The highest BCUT2D eigenvalue weighted by Gasteiger charge is 2.26. The number of nitrogens with one attached hydrogen (secondary N) is 1. The molecule has 0 atom stereocenters. The average molecular weight is 671 g/mol. The fourth-order valence-corrected chi connectivity index (χ4v) is 5.73. The van der Waals surface area contributed by atoms with E-state index >= 15 is 0 Å². The van der Waals surface area contributed by atoms with Crippen LogP contribution in [0.1, 0.15) is 76.8 Å². The van der Waals surface area contributed by atoms with Gasteiger partial charge in [0.05, 0.1) is 0 Å². The fraction of sp³-hybridized carbons (Fsp3) is 0.250. The summed E-state index contributed by atoms with van der Waals surface area (Å²) < 4.78 is 10.8. The maximum atomic E-state index is 12.7. The highest BCUT2D eigenvalue weighted by molar-refractivity contribution is 7.17. The number of nitrogens with two attached hydrogens (primary N) is 1. The van der Waals surface area contributed by atoms with E-state index in [0.29, 0.717) is 15.4 Å². The number of hydrogen-bond acceptors (Lipinski definition) is 10. The van der Waals surface area contributed by atoms with Crippen molar-refractivity contribution in [1.29, 1.82) is 0 Å². The van der Waals surface area contributed by atoms with Crippen molar-refractivity contribution in [3.05, 3.63) is 106 Å². The van der Waals surface area contributed by atoms with E-state index in [2.05, 4.69) is 15.3 Å². The predicted molar refractivity (Wildman–Crippen MR) is 189 cm³/mol. The Morgan fingerprint density at radius 1 is 0.660 bits per heavy atom. The second kappa shape index (κ2) is 14.7. The van der Waals surface area contributed by atoms with E-state index in [9.17, 15) is 14.4 Å². The number of nitrogens with zero attached hydrogens (tertiary/aromatic N) is 2. The van der Waals surface area contributed by atoms with Crippen LogP contribution >= 0.6 is 22.7 Å². The maximum Gasteiger partial charge on any atom is 0.352 e. The Kier molecular flexibility index (Phi) is 10.9. The molecule has 0 spiro atoms. The standard InChI is InChI=1S/C22H22N2O3S.C14H16N2O2S/c1-14-10-12-15(13-11-14)19(25)23-18-17(21(26)27-22(2,3)4)28-20(24-18)16-8-6-5-7-9-16;1-14(2,3)18-13(17)10-11(15)16-12(19-10)9-7-5-4-6-8-9/h5-13H,1-4H3,(H,23,25);4-8H,15H2,1-3H3. The topological polar surface area (TPSA) is 134 Å². The van der Waals surface area contributed by atoms with Crippen molar-refractivity contribution < 1.29 is 23.9 Å². The van der Waals surface area contributed by atoms with Crippen molar-refractivity contribution in [2.75, 3.05) is 11.1 Å². The van der Waals surface area contributed by atoms with Crippen molar-refractivity contribution >= 4 is 52.2 Å². The van der Waals surface area contributed by atoms with Gasteiger partial charge in [-0.3, -0.25) is 4.79 Å². The normalized spacial score (nSPS) is 11.2. The lowest BCUT2D eigenvalue weighted by molar-refractivity contribution is 0.00633. The molecule has 3 aromatic carbocycles. The van der Waals surface area contributed by atoms with Crippen LogP contribution in [0.5, 0.6) is 0 Å². The number of amides is 1. The monoisotopic (exact) mass is 670 g/mol. The van der Waals surface area contributed by atoms with Crippen molar-refractivity contribution in [3.63, 3.8) is 0 Å². The summed E-state index contributed by atoms with van der Waals surface area (Å²) in [6.07, 6.45) is 0. The van der Waals surface area contributed by atoms with Crippen molar-refractivity contribution in [3.8, 4) is 21.1 Å². The van der Waals surface area contributed by atoms with Crippen LogP contribution in [0.3, 0.4) is 0 Å².